The second kappa shape index (κ2) is 8.73. The van der Waals surface area contributed by atoms with Crippen molar-refractivity contribution in [3.8, 4) is 0 Å². The summed E-state index contributed by atoms with van der Waals surface area (Å²) in [6.07, 6.45) is -0.0828. The van der Waals surface area contributed by atoms with Gasteiger partial charge in [-0.25, -0.2) is 0 Å². The molecule has 0 aliphatic carbocycles. The van der Waals surface area contributed by atoms with Crippen molar-refractivity contribution < 1.29 is 19.1 Å². The highest BCUT2D eigenvalue weighted by molar-refractivity contribution is 8.01. The first-order valence-electron chi connectivity index (χ1n) is 8.53. The Hall–Kier alpha value is -2.80. The smallest absolute Gasteiger partial charge is 0.307 e. The average molecular weight is 384 g/mol. The molecule has 6 nitrogen and oxygen atoms in total. The highest BCUT2D eigenvalue weighted by atomic mass is 32.2. The molecule has 0 saturated heterocycles. The molecule has 3 rings (SSSR count). The van der Waals surface area contributed by atoms with E-state index >= 15 is 0 Å². The van der Waals surface area contributed by atoms with E-state index in [9.17, 15) is 14.4 Å². The standard InChI is InChI=1S/C20H20N2O4S/c1-22(12-14-7-3-2-4-8-14)18(23)13-26-19(24)11-17-20(25)21-15-9-5-6-10-16(15)27-17/h2-10,17H,11-13H2,1H3,(H,21,25)/t17-/m0/s1. The Morgan fingerprint density at radius 3 is 2.59 bits per heavy atom. The molecule has 0 radical (unpaired) electrons. The number of likely N-dealkylation sites (N-methyl/N-ethyl adjacent to an activating group) is 1. The lowest BCUT2D eigenvalue weighted by molar-refractivity contribution is -0.152. The van der Waals surface area contributed by atoms with Crippen molar-refractivity contribution in [3.63, 3.8) is 0 Å². The van der Waals surface area contributed by atoms with Crippen LogP contribution in [0, 0.1) is 0 Å². The van der Waals surface area contributed by atoms with Crippen LogP contribution in [0.25, 0.3) is 0 Å². The van der Waals surface area contributed by atoms with Gasteiger partial charge in [-0.05, 0) is 17.7 Å². The summed E-state index contributed by atoms with van der Waals surface area (Å²) in [7, 11) is 1.66. The van der Waals surface area contributed by atoms with Gasteiger partial charge in [-0.1, -0.05) is 42.5 Å². The van der Waals surface area contributed by atoms with Crippen molar-refractivity contribution >= 4 is 35.2 Å². The Morgan fingerprint density at radius 2 is 1.81 bits per heavy atom. The number of carbonyl (C=O) groups is 3. The van der Waals surface area contributed by atoms with Crippen molar-refractivity contribution in [2.24, 2.45) is 0 Å². The number of nitrogens with one attached hydrogen (secondary N) is 1. The lowest BCUT2D eigenvalue weighted by Crippen LogP contribution is -2.33. The Kier molecular flexibility index (Phi) is 6.13. The number of thioether (sulfide) groups is 1. The van der Waals surface area contributed by atoms with Gasteiger partial charge in [0.15, 0.2) is 6.61 Å². The average Bonchev–Trinajstić information content (AvgIpc) is 2.67. The molecule has 0 spiro atoms. The predicted octanol–water partition coefficient (Wildman–Crippen LogP) is 2.69. The number of fused-ring (bicyclic) bond motifs is 1. The summed E-state index contributed by atoms with van der Waals surface area (Å²) >= 11 is 1.33. The summed E-state index contributed by atoms with van der Waals surface area (Å²) in [6.45, 7) is 0.104. The monoisotopic (exact) mass is 384 g/mol. The molecule has 1 heterocycles. The van der Waals surface area contributed by atoms with Crippen LogP contribution in [0.5, 0.6) is 0 Å². The topological polar surface area (TPSA) is 75.7 Å². The number of hydrogen-bond acceptors (Lipinski definition) is 5. The maximum atomic E-state index is 12.1. The minimum atomic E-state index is -0.566. The summed E-state index contributed by atoms with van der Waals surface area (Å²) < 4.78 is 5.08. The number of para-hydroxylation sites is 1. The number of nitrogens with zero attached hydrogens (tertiary/aromatic N) is 1. The fourth-order valence-electron chi connectivity index (χ4n) is 2.64. The zero-order valence-corrected chi connectivity index (χ0v) is 15.7. The number of hydrogen-bond donors (Lipinski definition) is 1. The van der Waals surface area contributed by atoms with Gasteiger partial charge in [-0.3, -0.25) is 14.4 Å². The number of ether oxygens (including phenoxy) is 1. The van der Waals surface area contributed by atoms with E-state index in [0.29, 0.717) is 6.54 Å². The zero-order chi connectivity index (χ0) is 19.2. The molecule has 1 aliphatic heterocycles. The van der Waals surface area contributed by atoms with Crippen LogP contribution in [0.15, 0.2) is 59.5 Å². The first kappa shape index (κ1) is 19.0. The van der Waals surface area contributed by atoms with Gasteiger partial charge in [-0.15, -0.1) is 11.8 Å². The summed E-state index contributed by atoms with van der Waals surface area (Å²) in [5, 5.41) is 2.22. The van der Waals surface area contributed by atoms with Crippen LogP contribution in [-0.4, -0.2) is 41.6 Å². The number of rotatable bonds is 6. The fourth-order valence-corrected chi connectivity index (χ4v) is 3.73. The summed E-state index contributed by atoms with van der Waals surface area (Å²) in [5.74, 6) is -1.09. The highest BCUT2D eigenvalue weighted by Gasteiger charge is 2.29. The number of amides is 2. The summed E-state index contributed by atoms with van der Waals surface area (Å²) in [5.41, 5.74) is 1.74. The molecular formula is C20H20N2O4S. The molecule has 0 saturated carbocycles. The van der Waals surface area contributed by atoms with Gasteiger partial charge in [-0.2, -0.15) is 0 Å². The minimum Gasteiger partial charge on any atom is -0.456 e. The molecular weight excluding hydrogens is 364 g/mol. The SMILES string of the molecule is CN(Cc1ccccc1)C(=O)COC(=O)C[C@@H]1Sc2ccccc2NC1=O. The lowest BCUT2D eigenvalue weighted by Gasteiger charge is -2.23. The van der Waals surface area contributed by atoms with Gasteiger partial charge in [0.2, 0.25) is 5.91 Å². The predicted molar refractivity (Wildman–Crippen MR) is 103 cm³/mol. The minimum absolute atomic E-state index is 0.0828. The van der Waals surface area contributed by atoms with Crippen LogP contribution in [0.2, 0.25) is 0 Å². The van der Waals surface area contributed by atoms with E-state index < -0.39 is 11.2 Å². The van der Waals surface area contributed by atoms with Crippen molar-refractivity contribution in [3.05, 3.63) is 60.2 Å². The van der Waals surface area contributed by atoms with Crippen molar-refractivity contribution in [2.75, 3.05) is 19.0 Å². The third-order valence-corrected chi connectivity index (χ3v) is 5.38. The largest absolute Gasteiger partial charge is 0.456 e. The first-order valence-corrected chi connectivity index (χ1v) is 9.41. The molecule has 27 heavy (non-hydrogen) atoms. The van der Waals surface area contributed by atoms with E-state index in [2.05, 4.69) is 5.32 Å². The molecule has 2 amide bonds. The van der Waals surface area contributed by atoms with E-state index in [0.717, 1.165) is 16.1 Å². The van der Waals surface area contributed by atoms with Gasteiger partial charge in [0, 0.05) is 18.5 Å². The van der Waals surface area contributed by atoms with Crippen LogP contribution in [-0.2, 0) is 25.7 Å². The number of esters is 1. The van der Waals surface area contributed by atoms with Crippen LogP contribution >= 0.6 is 11.8 Å². The maximum Gasteiger partial charge on any atom is 0.307 e. The molecule has 1 atom stereocenters. The number of carbonyl (C=O) groups excluding carboxylic acids is 3. The molecule has 0 bridgehead atoms. The van der Waals surface area contributed by atoms with E-state index in [1.165, 1.54) is 16.7 Å². The highest BCUT2D eigenvalue weighted by Crippen LogP contribution is 2.36. The van der Waals surface area contributed by atoms with Gasteiger partial charge in [0.05, 0.1) is 17.4 Å². The number of benzene rings is 2. The molecule has 7 heteroatoms. The summed E-state index contributed by atoms with van der Waals surface area (Å²) in [4.78, 5) is 38.7. The fraction of sp³-hybridized carbons (Fsp3) is 0.250. The maximum absolute atomic E-state index is 12.1. The quantitative estimate of drug-likeness (QED) is 0.775. The first-order chi connectivity index (χ1) is 13.0. The summed E-state index contributed by atoms with van der Waals surface area (Å²) in [6, 6.07) is 17.0. The van der Waals surface area contributed by atoms with Gasteiger partial charge >= 0.3 is 5.97 Å². The second-order valence-corrected chi connectivity index (χ2v) is 7.44. The Balaban J connectivity index is 1.47. The third-order valence-electron chi connectivity index (χ3n) is 4.10. The molecule has 0 unspecified atom stereocenters. The molecule has 1 N–H and O–H groups in total. The van der Waals surface area contributed by atoms with Gasteiger partial charge in [0.1, 0.15) is 0 Å². The normalized spacial score (nSPS) is 15.4. The third kappa shape index (κ3) is 5.10. The van der Waals surface area contributed by atoms with Crippen molar-refractivity contribution in [1.82, 2.24) is 4.90 Å². The second-order valence-electron chi connectivity index (χ2n) is 6.19. The molecule has 2 aromatic carbocycles. The number of anilines is 1. The zero-order valence-electron chi connectivity index (χ0n) is 14.9. The molecule has 0 fully saturated rings. The lowest BCUT2D eigenvalue weighted by atomic mass is 10.2. The van der Waals surface area contributed by atoms with E-state index in [4.69, 9.17) is 4.74 Å². The Bertz CT molecular complexity index is 841. The van der Waals surface area contributed by atoms with E-state index in [-0.39, 0.29) is 24.8 Å². The Labute approximate surface area is 161 Å². The molecule has 1 aliphatic rings. The molecule has 140 valence electrons. The van der Waals surface area contributed by atoms with E-state index in [1.807, 2.05) is 54.6 Å². The van der Waals surface area contributed by atoms with E-state index in [1.54, 1.807) is 7.05 Å². The van der Waals surface area contributed by atoms with Crippen LogP contribution < -0.4 is 5.32 Å². The molecule has 0 aromatic heterocycles. The van der Waals surface area contributed by atoms with Gasteiger partial charge in [0.25, 0.3) is 5.91 Å². The van der Waals surface area contributed by atoms with Crippen LogP contribution in [0.3, 0.4) is 0 Å². The van der Waals surface area contributed by atoms with Crippen molar-refractivity contribution in [2.45, 2.75) is 23.1 Å². The molecule has 2 aromatic rings. The van der Waals surface area contributed by atoms with Gasteiger partial charge < -0.3 is 15.0 Å². The van der Waals surface area contributed by atoms with Crippen LogP contribution in [0.1, 0.15) is 12.0 Å². The van der Waals surface area contributed by atoms with Crippen molar-refractivity contribution in [1.29, 1.82) is 0 Å². The Morgan fingerprint density at radius 1 is 1.11 bits per heavy atom. The van der Waals surface area contributed by atoms with Crippen LogP contribution in [0.4, 0.5) is 5.69 Å².